The molecular formula is C34H28N4O3S. The molecule has 5 aromatic rings. The van der Waals surface area contributed by atoms with E-state index in [-0.39, 0.29) is 6.10 Å². The number of allylic oxidation sites excluding steroid dienone is 4. The first-order chi connectivity index (χ1) is 20.7. The van der Waals surface area contributed by atoms with Gasteiger partial charge in [-0.15, -0.1) is 0 Å². The summed E-state index contributed by atoms with van der Waals surface area (Å²) in [7, 11) is 0. The number of ether oxygens (including phenoxy) is 2. The number of nitriles is 1. The first-order valence-electron chi connectivity index (χ1n) is 14.1. The van der Waals surface area contributed by atoms with Gasteiger partial charge in [0.15, 0.2) is 5.65 Å². The highest BCUT2D eigenvalue weighted by atomic mass is 32.2. The van der Waals surface area contributed by atoms with Gasteiger partial charge in [0, 0.05) is 40.9 Å². The minimum absolute atomic E-state index is 0.0580. The fourth-order valence-electron chi connectivity index (χ4n) is 5.67. The third kappa shape index (κ3) is 4.91. The molecule has 0 N–H and O–H groups in total. The molecule has 7 nitrogen and oxygen atoms in total. The van der Waals surface area contributed by atoms with E-state index >= 15 is 0 Å². The van der Waals surface area contributed by atoms with E-state index in [1.54, 1.807) is 22.7 Å². The minimum Gasteiger partial charge on any atom is -0.489 e. The molecule has 1 fully saturated rings. The van der Waals surface area contributed by atoms with Crippen LogP contribution in [0.4, 0.5) is 0 Å². The number of pyridine rings is 1. The van der Waals surface area contributed by atoms with Gasteiger partial charge in [0.25, 0.3) is 0 Å². The molecular weight excluding hydrogens is 544 g/mol. The predicted octanol–water partition coefficient (Wildman–Crippen LogP) is 7.52. The predicted molar refractivity (Wildman–Crippen MR) is 167 cm³/mol. The standard InChI is InChI=1S/C34H28N4O3S/c35-21-26-18-23(7-9-33(26)41-27-12-16-40-17-13-27)29-10-14-36-34-30(29)20-32(38(34)42-28-4-2-1-3-5-28)24-6-8-31-25(19-24)11-15-37(31)22-39/h1-2,4,6-11,14-15,18-20,22,27H,3,5,12-13,16-17H2. The molecule has 0 amide bonds. The van der Waals surface area contributed by atoms with E-state index in [9.17, 15) is 10.1 Å². The van der Waals surface area contributed by atoms with Crippen LogP contribution in [-0.4, -0.2) is 39.3 Å². The summed E-state index contributed by atoms with van der Waals surface area (Å²) >= 11 is 1.69. The zero-order valence-electron chi connectivity index (χ0n) is 22.9. The Labute approximate surface area is 247 Å². The summed E-state index contributed by atoms with van der Waals surface area (Å²) in [6.45, 7) is 1.36. The maximum Gasteiger partial charge on any atom is 0.218 e. The smallest absolute Gasteiger partial charge is 0.218 e. The van der Waals surface area contributed by atoms with Gasteiger partial charge in [-0.05, 0) is 83.9 Å². The van der Waals surface area contributed by atoms with Crippen LogP contribution in [0, 0.1) is 11.3 Å². The van der Waals surface area contributed by atoms with Gasteiger partial charge in [0.2, 0.25) is 6.41 Å². The SMILES string of the molecule is N#Cc1cc(-c2ccnc3c2cc(-c2ccc4c(ccn4C=O)c2)n3SC2=CC=CCC2)ccc1OC1CCOCC1. The summed E-state index contributed by atoms with van der Waals surface area (Å²) in [5.41, 5.74) is 6.23. The van der Waals surface area contributed by atoms with Crippen LogP contribution in [0.3, 0.4) is 0 Å². The Bertz CT molecular complexity index is 1920. The summed E-state index contributed by atoms with van der Waals surface area (Å²) in [5.74, 6) is 0.611. The van der Waals surface area contributed by atoms with Gasteiger partial charge in [0.1, 0.15) is 17.9 Å². The highest BCUT2D eigenvalue weighted by molar-refractivity contribution is 8.01. The number of hydrogen-bond donors (Lipinski definition) is 0. The molecule has 1 aliphatic heterocycles. The summed E-state index contributed by atoms with van der Waals surface area (Å²) in [4.78, 5) is 17.6. The lowest BCUT2D eigenvalue weighted by Gasteiger charge is -2.23. The van der Waals surface area contributed by atoms with E-state index in [1.165, 1.54) is 4.91 Å². The monoisotopic (exact) mass is 572 g/mol. The lowest BCUT2D eigenvalue weighted by atomic mass is 10.0. The zero-order valence-corrected chi connectivity index (χ0v) is 23.7. The van der Waals surface area contributed by atoms with Gasteiger partial charge in [-0.2, -0.15) is 5.26 Å². The van der Waals surface area contributed by atoms with E-state index in [0.29, 0.717) is 24.5 Å². The first kappa shape index (κ1) is 26.3. The molecule has 0 spiro atoms. The number of carbonyl (C=O) groups is 1. The molecule has 208 valence electrons. The van der Waals surface area contributed by atoms with Gasteiger partial charge in [-0.3, -0.25) is 13.3 Å². The molecule has 4 heterocycles. The van der Waals surface area contributed by atoms with Crippen molar-refractivity contribution in [3.63, 3.8) is 0 Å². The van der Waals surface area contributed by atoms with Crippen LogP contribution in [0.15, 0.2) is 90.1 Å². The highest BCUT2D eigenvalue weighted by Crippen LogP contribution is 2.41. The molecule has 1 saturated heterocycles. The van der Waals surface area contributed by atoms with Crippen LogP contribution in [-0.2, 0) is 9.53 Å². The van der Waals surface area contributed by atoms with E-state index in [2.05, 4.69) is 46.5 Å². The highest BCUT2D eigenvalue weighted by Gasteiger charge is 2.20. The van der Waals surface area contributed by atoms with Gasteiger partial charge in [0.05, 0.1) is 30.0 Å². The molecule has 0 saturated carbocycles. The Kier molecular flexibility index (Phi) is 7.12. The topological polar surface area (TPSA) is 82.1 Å². The number of aromatic nitrogens is 3. The number of carbonyl (C=O) groups excluding carboxylic acids is 1. The molecule has 0 atom stereocenters. The van der Waals surface area contributed by atoms with Crippen molar-refractivity contribution in [2.45, 2.75) is 31.8 Å². The van der Waals surface area contributed by atoms with Crippen molar-refractivity contribution in [2.24, 2.45) is 0 Å². The molecule has 0 bridgehead atoms. The second kappa shape index (κ2) is 11.4. The van der Waals surface area contributed by atoms with Crippen molar-refractivity contribution in [2.75, 3.05) is 13.2 Å². The summed E-state index contributed by atoms with van der Waals surface area (Å²) in [6.07, 6.45) is 14.6. The van der Waals surface area contributed by atoms with Crippen LogP contribution < -0.4 is 4.74 Å². The molecule has 1 aliphatic carbocycles. The Hall–Kier alpha value is -4.58. The van der Waals surface area contributed by atoms with Crippen LogP contribution in [0.1, 0.15) is 31.2 Å². The van der Waals surface area contributed by atoms with Crippen molar-refractivity contribution in [1.29, 1.82) is 5.26 Å². The average Bonchev–Trinajstić information content (AvgIpc) is 3.63. The lowest BCUT2D eigenvalue weighted by Crippen LogP contribution is -2.26. The van der Waals surface area contributed by atoms with E-state index in [0.717, 1.165) is 76.4 Å². The molecule has 0 unspecified atom stereocenters. The van der Waals surface area contributed by atoms with E-state index in [4.69, 9.17) is 14.5 Å². The van der Waals surface area contributed by atoms with Crippen LogP contribution in [0.5, 0.6) is 5.75 Å². The lowest BCUT2D eigenvalue weighted by molar-refractivity contribution is 0.0254. The number of hydrogen-bond acceptors (Lipinski definition) is 6. The second-order valence-corrected chi connectivity index (χ2v) is 11.5. The van der Waals surface area contributed by atoms with Crippen molar-refractivity contribution >= 4 is 40.3 Å². The Morgan fingerprint density at radius 3 is 2.76 bits per heavy atom. The molecule has 3 aromatic heterocycles. The van der Waals surface area contributed by atoms with Gasteiger partial charge in [-0.1, -0.05) is 30.4 Å². The summed E-state index contributed by atoms with van der Waals surface area (Å²) in [5, 5.41) is 12.0. The number of fused-ring (bicyclic) bond motifs is 2. The van der Waals surface area contributed by atoms with Crippen LogP contribution in [0.2, 0.25) is 0 Å². The Balaban J connectivity index is 1.34. The van der Waals surface area contributed by atoms with E-state index < -0.39 is 0 Å². The average molecular weight is 573 g/mol. The Morgan fingerprint density at radius 1 is 1.07 bits per heavy atom. The molecule has 42 heavy (non-hydrogen) atoms. The van der Waals surface area contributed by atoms with Crippen molar-refractivity contribution in [3.8, 4) is 34.2 Å². The third-order valence-electron chi connectivity index (χ3n) is 7.85. The largest absolute Gasteiger partial charge is 0.489 e. The quantitative estimate of drug-likeness (QED) is 0.188. The first-order valence-corrected chi connectivity index (χ1v) is 14.9. The third-order valence-corrected chi connectivity index (χ3v) is 8.98. The summed E-state index contributed by atoms with van der Waals surface area (Å²) in [6, 6.07) is 20.5. The van der Waals surface area contributed by atoms with Crippen LogP contribution in [0.25, 0.3) is 44.3 Å². The molecule has 2 aliphatic rings. The second-order valence-electron chi connectivity index (χ2n) is 10.5. The maximum absolute atomic E-state index is 11.5. The molecule has 2 aromatic carbocycles. The fraction of sp³-hybridized carbons (Fsp3) is 0.206. The molecule has 8 heteroatoms. The molecule has 7 rings (SSSR count). The van der Waals surface area contributed by atoms with Crippen molar-refractivity contribution in [3.05, 3.63) is 95.7 Å². The number of benzene rings is 2. The zero-order chi connectivity index (χ0) is 28.5. The van der Waals surface area contributed by atoms with Gasteiger partial charge >= 0.3 is 0 Å². The van der Waals surface area contributed by atoms with Gasteiger partial charge in [-0.25, -0.2) is 4.98 Å². The van der Waals surface area contributed by atoms with Crippen LogP contribution >= 0.6 is 11.9 Å². The fourth-order valence-corrected chi connectivity index (χ4v) is 6.74. The number of nitrogens with zero attached hydrogens (tertiary/aromatic N) is 4. The normalized spacial score (nSPS) is 15.5. The Morgan fingerprint density at radius 2 is 1.95 bits per heavy atom. The van der Waals surface area contributed by atoms with Gasteiger partial charge < -0.3 is 9.47 Å². The summed E-state index contributed by atoms with van der Waals surface area (Å²) < 4.78 is 15.5. The maximum atomic E-state index is 11.5. The van der Waals surface area contributed by atoms with Crippen molar-refractivity contribution < 1.29 is 14.3 Å². The molecule has 0 radical (unpaired) electrons. The number of rotatable bonds is 7. The van der Waals surface area contributed by atoms with Crippen molar-refractivity contribution in [1.82, 2.24) is 13.5 Å². The van der Waals surface area contributed by atoms with E-state index in [1.807, 2.05) is 42.6 Å². The minimum atomic E-state index is 0.0580.